The van der Waals surface area contributed by atoms with Gasteiger partial charge in [-0.2, -0.15) is 0 Å². The molecule has 0 radical (unpaired) electrons. The van der Waals surface area contributed by atoms with Crippen molar-refractivity contribution in [2.24, 2.45) is 5.92 Å². The molecule has 4 aromatic carbocycles. The number of ether oxygens (including phenoxy) is 1. The van der Waals surface area contributed by atoms with Crippen molar-refractivity contribution in [3.8, 4) is 5.75 Å². The Morgan fingerprint density at radius 2 is 1.42 bits per heavy atom. The predicted molar refractivity (Wildman–Crippen MR) is 229 cm³/mol. The number of rotatable bonds is 13. The normalized spacial score (nSPS) is 22.7. The number of carbonyl (C=O) groups excluding carboxylic acids is 4. The summed E-state index contributed by atoms with van der Waals surface area (Å²) in [6.45, 7) is 5.86. The van der Waals surface area contributed by atoms with Gasteiger partial charge in [0.1, 0.15) is 24.2 Å². The number of fused-ring (bicyclic) bond motifs is 3. The molecule has 310 valence electrons. The summed E-state index contributed by atoms with van der Waals surface area (Å²) in [6.07, 6.45) is 4.14. The standard InChI is InChI=1S/C48H49ClFN5O5/c49-20-17-38(32-7-3-1-4-8-32)45(33-9-5-2-6-10-33)34-11-13-37(14-12-34)60-24-23-52-21-18-31(19-22-52)28-54-35-25-36(54)30-53(29-35)43-27-40-39(26-41(43)50)47(58)55(48(40)59)42-15-16-44(56)51-46(42)57/h1-14,26-27,31,35-36,42H,15-25,28-30H2,(H,51,56,57). The van der Waals surface area contributed by atoms with E-state index in [0.29, 0.717) is 49.3 Å². The summed E-state index contributed by atoms with van der Waals surface area (Å²) in [5.74, 6) is -1.01. The monoisotopic (exact) mass is 829 g/mol. The van der Waals surface area contributed by atoms with Gasteiger partial charge in [-0.25, -0.2) is 4.39 Å². The second-order valence-electron chi connectivity index (χ2n) is 16.6. The Kier molecular flexibility index (Phi) is 11.6. The number of imide groups is 2. The number of allylic oxidation sites excluding steroid dienone is 1. The minimum atomic E-state index is -1.08. The first-order valence-corrected chi connectivity index (χ1v) is 21.7. The molecule has 3 atom stereocenters. The number of hydrogen-bond acceptors (Lipinski definition) is 8. The fourth-order valence-corrected chi connectivity index (χ4v) is 10.1. The molecule has 4 amide bonds. The molecule has 1 N–H and O–H groups in total. The van der Waals surface area contributed by atoms with Crippen molar-refractivity contribution in [1.82, 2.24) is 20.0 Å². The number of benzene rings is 4. The van der Waals surface area contributed by atoms with Crippen LogP contribution in [0.5, 0.6) is 5.75 Å². The van der Waals surface area contributed by atoms with Crippen LogP contribution in [0.3, 0.4) is 0 Å². The topological polar surface area (TPSA) is 102 Å². The van der Waals surface area contributed by atoms with Crippen molar-refractivity contribution in [2.75, 3.05) is 56.7 Å². The fraction of sp³-hybridized carbons (Fsp3) is 0.375. The largest absolute Gasteiger partial charge is 0.492 e. The van der Waals surface area contributed by atoms with Crippen LogP contribution < -0.4 is 15.0 Å². The molecule has 6 aliphatic rings. The summed E-state index contributed by atoms with van der Waals surface area (Å²) < 4.78 is 21.8. The van der Waals surface area contributed by atoms with Gasteiger partial charge in [0.05, 0.1) is 16.8 Å². The maximum atomic E-state index is 15.6. The number of nitrogens with zero attached hydrogens (tertiary/aromatic N) is 4. The Labute approximate surface area is 354 Å². The SMILES string of the molecule is O=C1CCC(N2C(=O)c3cc(F)c(N4CC5CC(C4)N5CC4CCN(CCOc5ccc(C(=C(CCCl)c6ccccc6)c6ccccc6)cc5)CC4)cc3C2=O)C(=O)N1. The summed E-state index contributed by atoms with van der Waals surface area (Å²) in [7, 11) is 0. The highest BCUT2D eigenvalue weighted by atomic mass is 35.5. The summed E-state index contributed by atoms with van der Waals surface area (Å²) in [4.78, 5) is 58.6. The molecule has 0 saturated carbocycles. The molecule has 6 aliphatic heterocycles. The van der Waals surface area contributed by atoms with Gasteiger partial charge in [-0.1, -0.05) is 72.8 Å². The van der Waals surface area contributed by atoms with E-state index in [9.17, 15) is 19.2 Å². The third-order valence-corrected chi connectivity index (χ3v) is 13.2. The maximum absolute atomic E-state index is 15.6. The van der Waals surface area contributed by atoms with Gasteiger partial charge in [0.25, 0.3) is 11.8 Å². The number of likely N-dealkylation sites (tertiary alicyclic amines) is 1. The van der Waals surface area contributed by atoms with Crippen molar-refractivity contribution in [1.29, 1.82) is 0 Å². The molecule has 10 nitrogen and oxygen atoms in total. The van der Waals surface area contributed by atoms with E-state index in [4.69, 9.17) is 16.3 Å². The quantitative estimate of drug-likeness (QED) is 0.0886. The summed E-state index contributed by atoms with van der Waals surface area (Å²) >= 11 is 6.34. The van der Waals surface area contributed by atoms with E-state index >= 15 is 4.39 Å². The van der Waals surface area contributed by atoms with Crippen molar-refractivity contribution >= 4 is 52.1 Å². The number of halogens is 2. The molecule has 0 aliphatic carbocycles. The lowest BCUT2D eigenvalue weighted by Gasteiger charge is -2.58. The lowest BCUT2D eigenvalue weighted by atomic mass is 9.84. The number of carbonyl (C=O) groups is 4. The molecular weight excluding hydrogens is 781 g/mol. The Morgan fingerprint density at radius 3 is 2.07 bits per heavy atom. The van der Waals surface area contributed by atoms with Crippen LogP contribution in [0.25, 0.3) is 11.1 Å². The molecule has 0 aromatic heterocycles. The van der Waals surface area contributed by atoms with Gasteiger partial charge < -0.3 is 9.64 Å². The van der Waals surface area contributed by atoms with Crippen molar-refractivity contribution in [3.05, 3.63) is 131 Å². The summed E-state index contributed by atoms with van der Waals surface area (Å²) in [5, 5.41) is 2.20. The first kappa shape index (κ1) is 40.1. The van der Waals surface area contributed by atoms with E-state index in [-0.39, 0.29) is 24.0 Å². The van der Waals surface area contributed by atoms with Crippen LogP contribution in [0.4, 0.5) is 10.1 Å². The average molecular weight is 830 g/mol. The third-order valence-electron chi connectivity index (χ3n) is 13.0. The molecular formula is C48H49ClFN5O5. The lowest BCUT2D eigenvalue weighted by Crippen LogP contribution is -2.69. The highest BCUT2D eigenvalue weighted by Gasteiger charge is 2.48. The molecule has 60 heavy (non-hydrogen) atoms. The van der Waals surface area contributed by atoms with Crippen LogP contribution in [-0.4, -0.2) is 108 Å². The van der Waals surface area contributed by atoms with E-state index in [1.54, 1.807) is 0 Å². The third kappa shape index (κ3) is 7.98. The first-order valence-electron chi connectivity index (χ1n) is 21.2. The van der Waals surface area contributed by atoms with E-state index in [1.165, 1.54) is 22.8 Å². The van der Waals surface area contributed by atoms with E-state index in [0.717, 1.165) is 79.7 Å². The number of anilines is 1. The van der Waals surface area contributed by atoms with Gasteiger partial charge in [-0.3, -0.25) is 39.2 Å². The van der Waals surface area contributed by atoms with Gasteiger partial charge in [0.15, 0.2) is 0 Å². The van der Waals surface area contributed by atoms with Crippen LogP contribution in [0.1, 0.15) is 75.9 Å². The van der Waals surface area contributed by atoms with E-state index in [1.807, 2.05) is 17.0 Å². The smallest absolute Gasteiger partial charge is 0.262 e. The number of amides is 4. The van der Waals surface area contributed by atoms with Crippen LogP contribution in [0.2, 0.25) is 0 Å². The second-order valence-corrected chi connectivity index (χ2v) is 17.0. The molecule has 4 aromatic rings. The predicted octanol–water partition coefficient (Wildman–Crippen LogP) is 6.87. The summed E-state index contributed by atoms with van der Waals surface area (Å²) in [5.41, 5.74) is 6.24. The van der Waals surface area contributed by atoms with Crippen molar-refractivity contribution < 1.29 is 28.3 Å². The van der Waals surface area contributed by atoms with Gasteiger partial charge in [0, 0.05) is 50.6 Å². The van der Waals surface area contributed by atoms with E-state index in [2.05, 4.69) is 87.9 Å². The zero-order chi connectivity index (χ0) is 41.3. The Hall–Kier alpha value is -5.36. The minimum absolute atomic E-state index is 0.0312. The second kappa shape index (κ2) is 17.3. The summed E-state index contributed by atoms with van der Waals surface area (Å²) in [6, 6.07) is 31.5. The maximum Gasteiger partial charge on any atom is 0.262 e. The number of piperidine rings is 3. The molecule has 0 spiro atoms. The van der Waals surface area contributed by atoms with Crippen LogP contribution in [0.15, 0.2) is 97.1 Å². The molecule has 3 unspecified atom stereocenters. The molecule has 5 saturated heterocycles. The zero-order valence-electron chi connectivity index (χ0n) is 33.5. The molecule has 12 heteroatoms. The number of hydrogen-bond donors (Lipinski definition) is 1. The zero-order valence-corrected chi connectivity index (χ0v) is 34.3. The molecule has 2 bridgehead atoms. The average Bonchev–Trinajstić information content (AvgIpc) is 3.51. The Bertz CT molecular complexity index is 2290. The van der Waals surface area contributed by atoms with Gasteiger partial charge in [-0.15, -0.1) is 11.6 Å². The highest BCUT2D eigenvalue weighted by molar-refractivity contribution is 6.24. The van der Waals surface area contributed by atoms with Crippen LogP contribution >= 0.6 is 11.6 Å². The highest BCUT2D eigenvalue weighted by Crippen LogP contribution is 2.40. The van der Waals surface area contributed by atoms with Gasteiger partial charge in [0.2, 0.25) is 11.8 Å². The minimum Gasteiger partial charge on any atom is -0.492 e. The van der Waals surface area contributed by atoms with Crippen molar-refractivity contribution in [2.45, 2.75) is 56.7 Å². The first-order chi connectivity index (χ1) is 29.2. The molecule has 5 fully saturated rings. The van der Waals surface area contributed by atoms with Crippen LogP contribution in [0, 0.1) is 11.7 Å². The Balaban J connectivity index is 0.754. The molecule has 6 heterocycles. The number of nitrogens with one attached hydrogen (secondary N) is 1. The number of alkyl halides is 1. The Morgan fingerprint density at radius 1 is 0.783 bits per heavy atom. The molecule has 10 rings (SSSR count). The van der Waals surface area contributed by atoms with Crippen molar-refractivity contribution in [3.63, 3.8) is 0 Å². The van der Waals surface area contributed by atoms with Crippen LogP contribution in [-0.2, 0) is 9.59 Å². The fourth-order valence-electron chi connectivity index (χ4n) is 9.87. The lowest BCUT2D eigenvalue weighted by molar-refractivity contribution is -0.136. The van der Waals surface area contributed by atoms with Gasteiger partial charge >= 0.3 is 0 Å². The van der Waals surface area contributed by atoms with E-state index < -0.39 is 35.5 Å². The van der Waals surface area contributed by atoms with Gasteiger partial charge in [-0.05, 0) is 103 Å². The number of piperazine rings is 1.